The predicted octanol–water partition coefficient (Wildman–Crippen LogP) is 1.64. The van der Waals surface area contributed by atoms with Gasteiger partial charge in [0.25, 0.3) is 0 Å². The maximum atomic E-state index is 11.8. The van der Waals surface area contributed by atoms with E-state index >= 15 is 0 Å². The van der Waals surface area contributed by atoms with E-state index in [1.165, 1.54) is 0 Å². The number of aryl methyl sites for hydroxylation is 1. The zero-order chi connectivity index (χ0) is 13.8. The van der Waals surface area contributed by atoms with Crippen LogP contribution in [0.2, 0.25) is 0 Å². The molecule has 4 nitrogen and oxygen atoms in total. The molecule has 0 aliphatic carbocycles. The maximum Gasteiger partial charge on any atom is 0.238 e. The van der Waals surface area contributed by atoms with Crippen molar-refractivity contribution in [2.45, 2.75) is 26.4 Å². The zero-order valence-electron chi connectivity index (χ0n) is 11.5. The Morgan fingerprint density at radius 1 is 1.44 bits per heavy atom. The van der Waals surface area contributed by atoms with Crippen molar-refractivity contribution in [3.63, 3.8) is 0 Å². The smallest absolute Gasteiger partial charge is 0.238 e. The first-order valence-corrected chi connectivity index (χ1v) is 6.04. The van der Waals surface area contributed by atoms with Gasteiger partial charge in [-0.3, -0.25) is 9.69 Å². The Morgan fingerprint density at radius 3 is 2.67 bits per heavy atom. The number of amides is 1. The van der Waals surface area contributed by atoms with Gasteiger partial charge < -0.3 is 10.4 Å². The third-order valence-corrected chi connectivity index (χ3v) is 2.37. The topological polar surface area (TPSA) is 52.6 Å². The minimum Gasteiger partial charge on any atom is -0.389 e. The molecule has 0 aliphatic rings. The van der Waals surface area contributed by atoms with Gasteiger partial charge in [-0.15, -0.1) is 0 Å². The number of nitrogens with zero attached hydrogens (tertiary/aromatic N) is 1. The van der Waals surface area contributed by atoms with E-state index < -0.39 is 5.60 Å². The molecule has 0 saturated heterocycles. The van der Waals surface area contributed by atoms with E-state index in [-0.39, 0.29) is 12.5 Å². The summed E-state index contributed by atoms with van der Waals surface area (Å²) in [6.07, 6.45) is 0. The Morgan fingerprint density at radius 2 is 2.11 bits per heavy atom. The second kappa shape index (κ2) is 5.98. The summed E-state index contributed by atoms with van der Waals surface area (Å²) in [5.41, 5.74) is 1.12. The maximum absolute atomic E-state index is 11.8. The Balaban J connectivity index is 2.47. The van der Waals surface area contributed by atoms with Crippen LogP contribution in [0.3, 0.4) is 0 Å². The molecular formula is C14H22N2O2. The molecule has 0 fully saturated rings. The van der Waals surface area contributed by atoms with E-state index in [1.807, 2.05) is 38.2 Å². The molecule has 18 heavy (non-hydrogen) atoms. The highest BCUT2D eigenvalue weighted by atomic mass is 16.3. The third-order valence-electron chi connectivity index (χ3n) is 2.37. The van der Waals surface area contributed by atoms with Gasteiger partial charge >= 0.3 is 0 Å². The highest BCUT2D eigenvalue weighted by Crippen LogP contribution is 2.09. The standard InChI is InChI=1S/C14H22N2O2/c1-11-6-5-7-12(8-11)15-13(17)9-16(4)10-14(2,3)18/h5-8,18H,9-10H2,1-4H3,(H,15,17). The van der Waals surface area contributed by atoms with Crippen molar-refractivity contribution in [2.75, 3.05) is 25.5 Å². The van der Waals surface area contributed by atoms with Crippen LogP contribution >= 0.6 is 0 Å². The van der Waals surface area contributed by atoms with Gasteiger partial charge in [-0.1, -0.05) is 12.1 Å². The molecule has 0 bridgehead atoms. The molecule has 0 spiro atoms. The second-order valence-corrected chi connectivity index (χ2v) is 5.40. The lowest BCUT2D eigenvalue weighted by molar-refractivity contribution is -0.117. The van der Waals surface area contributed by atoms with Crippen LogP contribution in [0.25, 0.3) is 0 Å². The molecule has 0 aliphatic heterocycles. The number of anilines is 1. The summed E-state index contributed by atoms with van der Waals surface area (Å²) in [4.78, 5) is 13.6. The van der Waals surface area contributed by atoms with Gasteiger partial charge in [0.05, 0.1) is 12.1 Å². The average Bonchev–Trinajstić information content (AvgIpc) is 2.13. The first-order valence-electron chi connectivity index (χ1n) is 6.04. The number of benzene rings is 1. The van der Waals surface area contributed by atoms with E-state index in [4.69, 9.17) is 0 Å². The molecule has 1 amide bonds. The minimum absolute atomic E-state index is 0.0765. The summed E-state index contributed by atoms with van der Waals surface area (Å²) in [7, 11) is 1.81. The number of hydrogen-bond donors (Lipinski definition) is 2. The quantitative estimate of drug-likeness (QED) is 0.835. The number of aliphatic hydroxyl groups is 1. The molecule has 0 aromatic heterocycles. The summed E-state index contributed by atoms with van der Waals surface area (Å²) in [6, 6.07) is 7.68. The highest BCUT2D eigenvalue weighted by Gasteiger charge is 2.17. The summed E-state index contributed by atoms with van der Waals surface area (Å²) in [5.74, 6) is -0.0765. The number of likely N-dealkylation sites (N-methyl/N-ethyl adjacent to an activating group) is 1. The molecule has 2 N–H and O–H groups in total. The molecule has 0 saturated carbocycles. The fraction of sp³-hybridized carbons (Fsp3) is 0.500. The van der Waals surface area contributed by atoms with Gasteiger partial charge in [0.2, 0.25) is 5.91 Å². The van der Waals surface area contributed by atoms with Crippen LogP contribution in [-0.4, -0.2) is 41.7 Å². The lowest BCUT2D eigenvalue weighted by Gasteiger charge is -2.24. The number of carbonyl (C=O) groups excluding carboxylic acids is 1. The fourth-order valence-corrected chi connectivity index (χ4v) is 1.88. The predicted molar refractivity (Wildman–Crippen MR) is 73.6 cm³/mol. The summed E-state index contributed by atoms with van der Waals surface area (Å²) < 4.78 is 0. The van der Waals surface area contributed by atoms with Crippen LogP contribution in [0.1, 0.15) is 19.4 Å². The van der Waals surface area contributed by atoms with Crippen molar-refractivity contribution in [1.82, 2.24) is 4.90 Å². The van der Waals surface area contributed by atoms with E-state index in [0.717, 1.165) is 11.3 Å². The monoisotopic (exact) mass is 250 g/mol. The molecule has 0 radical (unpaired) electrons. The van der Waals surface area contributed by atoms with E-state index in [1.54, 1.807) is 18.7 Å². The van der Waals surface area contributed by atoms with E-state index in [9.17, 15) is 9.90 Å². The van der Waals surface area contributed by atoms with Gasteiger partial charge in [-0.05, 0) is 45.5 Å². The van der Waals surface area contributed by atoms with Crippen molar-refractivity contribution in [3.8, 4) is 0 Å². The summed E-state index contributed by atoms with van der Waals surface area (Å²) in [6.45, 7) is 6.14. The molecule has 1 aromatic rings. The molecule has 4 heteroatoms. The van der Waals surface area contributed by atoms with Gasteiger partial charge in [0.15, 0.2) is 0 Å². The molecule has 1 aromatic carbocycles. The van der Waals surface area contributed by atoms with Crippen LogP contribution in [0, 0.1) is 6.92 Å². The summed E-state index contributed by atoms with van der Waals surface area (Å²) >= 11 is 0. The Hall–Kier alpha value is -1.39. The van der Waals surface area contributed by atoms with Crippen molar-refractivity contribution in [2.24, 2.45) is 0 Å². The van der Waals surface area contributed by atoms with Gasteiger partial charge in [-0.2, -0.15) is 0 Å². The van der Waals surface area contributed by atoms with Gasteiger partial charge in [0.1, 0.15) is 0 Å². The van der Waals surface area contributed by atoms with Gasteiger partial charge in [0, 0.05) is 12.2 Å². The SMILES string of the molecule is Cc1cccc(NC(=O)CN(C)CC(C)(C)O)c1. The lowest BCUT2D eigenvalue weighted by atomic mass is 10.1. The third kappa shape index (κ3) is 5.80. The van der Waals surface area contributed by atoms with Crippen LogP contribution in [0.4, 0.5) is 5.69 Å². The molecule has 1 rings (SSSR count). The number of nitrogens with one attached hydrogen (secondary N) is 1. The Kier molecular flexibility index (Phi) is 4.87. The average molecular weight is 250 g/mol. The van der Waals surface area contributed by atoms with E-state index in [2.05, 4.69) is 5.32 Å². The molecule has 0 atom stereocenters. The lowest BCUT2D eigenvalue weighted by Crippen LogP contribution is -2.40. The van der Waals surface area contributed by atoms with Crippen LogP contribution in [-0.2, 0) is 4.79 Å². The highest BCUT2D eigenvalue weighted by molar-refractivity contribution is 5.92. The van der Waals surface area contributed by atoms with Crippen LogP contribution in [0.15, 0.2) is 24.3 Å². The zero-order valence-corrected chi connectivity index (χ0v) is 11.5. The second-order valence-electron chi connectivity index (χ2n) is 5.40. The normalized spacial score (nSPS) is 11.7. The first-order chi connectivity index (χ1) is 8.26. The van der Waals surface area contributed by atoms with Crippen molar-refractivity contribution < 1.29 is 9.90 Å². The molecule has 0 unspecified atom stereocenters. The Bertz CT molecular complexity index is 411. The van der Waals surface area contributed by atoms with Crippen LogP contribution < -0.4 is 5.32 Å². The molecule has 0 heterocycles. The van der Waals surface area contributed by atoms with Crippen LogP contribution in [0.5, 0.6) is 0 Å². The van der Waals surface area contributed by atoms with Gasteiger partial charge in [-0.25, -0.2) is 0 Å². The minimum atomic E-state index is -0.793. The van der Waals surface area contributed by atoms with E-state index in [0.29, 0.717) is 6.54 Å². The summed E-state index contributed by atoms with van der Waals surface area (Å²) in [5, 5.41) is 12.5. The van der Waals surface area contributed by atoms with Crippen molar-refractivity contribution >= 4 is 11.6 Å². The number of rotatable bonds is 5. The fourth-order valence-electron chi connectivity index (χ4n) is 1.88. The first kappa shape index (κ1) is 14.7. The largest absolute Gasteiger partial charge is 0.389 e. The van der Waals surface area contributed by atoms with Crippen molar-refractivity contribution in [3.05, 3.63) is 29.8 Å². The number of hydrogen-bond acceptors (Lipinski definition) is 3. The number of carbonyl (C=O) groups is 1. The Labute approximate surface area is 109 Å². The molecular weight excluding hydrogens is 228 g/mol. The van der Waals surface area contributed by atoms with Crippen molar-refractivity contribution in [1.29, 1.82) is 0 Å². The molecule has 100 valence electrons.